The van der Waals surface area contributed by atoms with E-state index >= 15 is 0 Å². The van der Waals surface area contributed by atoms with Crippen molar-refractivity contribution >= 4 is 32.5 Å². The molecule has 0 bridgehead atoms. The summed E-state index contributed by atoms with van der Waals surface area (Å²) < 4.78 is 31.5. The van der Waals surface area contributed by atoms with Gasteiger partial charge in [-0.3, -0.25) is 9.54 Å². The molecule has 3 aromatic rings. The molecule has 0 aliphatic rings. The molecule has 2 heterocycles. The molecule has 0 fully saturated rings. The van der Waals surface area contributed by atoms with Gasteiger partial charge in [-0.2, -0.15) is 8.42 Å². The van der Waals surface area contributed by atoms with E-state index in [1.54, 1.807) is 12.3 Å². The Morgan fingerprint density at radius 3 is 2.50 bits per heavy atom. The zero-order chi connectivity index (χ0) is 17.3. The van der Waals surface area contributed by atoms with Gasteiger partial charge in [0.1, 0.15) is 21.8 Å². The van der Waals surface area contributed by atoms with Gasteiger partial charge in [0.25, 0.3) is 10.1 Å². The van der Waals surface area contributed by atoms with Crippen molar-refractivity contribution in [1.82, 2.24) is 9.97 Å². The monoisotopic (exact) mass is 344 g/mol. The van der Waals surface area contributed by atoms with Crippen LogP contribution in [0.5, 0.6) is 5.75 Å². The minimum Gasteiger partial charge on any atom is -0.507 e. The number of rotatable bonds is 3. The summed E-state index contributed by atoms with van der Waals surface area (Å²) in [6, 6.07) is 7.50. The molecule has 0 radical (unpaired) electrons. The molecule has 0 aliphatic heterocycles. The van der Waals surface area contributed by atoms with Gasteiger partial charge < -0.3 is 5.11 Å². The molecule has 0 saturated carbocycles. The Kier molecular flexibility index (Phi) is 3.96. The van der Waals surface area contributed by atoms with Gasteiger partial charge in [-0.05, 0) is 36.8 Å². The molecule has 3 rings (SSSR count). The summed E-state index contributed by atoms with van der Waals surface area (Å²) in [5.41, 5.74) is 1.56. The Morgan fingerprint density at radius 2 is 1.83 bits per heavy atom. The van der Waals surface area contributed by atoms with Crippen molar-refractivity contribution in [2.24, 2.45) is 10.2 Å². The lowest BCUT2D eigenvalue weighted by Crippen LogP contribution is -1.98. The van der Waals surface area contributed by atoms with E-state index in [0.29, 0.717) is 11.5 Å². The minimum atomic E-state index is -4.42. The maximum absolute atomic E-state index is 11.2. The van der Waals surface area contributed by atoms with Gasteiger partial charge in [-0.15, -0.1) is 10.2 Å². The zero-order valence-corrected chi connectivity index (χ0v) is 13.3. The largest absolute Gasteiger partial charge is 0.507 e. The highest BCUT2D eigenvalue weighted by molar-refractivity contribution is 7.85. The lowest BCUT2D eigenvalue weighted by molar-refractivity contribution is 0.480. The van der Waals surface area contributed by atoms with Crippen LogP contribution in [0.25, 0.3) is 10.9 Å². The SMILES string of the molecule is Cc1ccc(N=Nc2ccc(O)c3cc(S(=O)(=O)O)cnc23)nc1. The third kappa shape index (κ3) is 3.21. The van der Waals surface area contributed by atoms with Crippen LogP contribution >= 0.6 is 0 Å². The van der Waals surface area contributed by atoms with Crippen LogP contribution in [0.2, 0.25) is 0 Å². The molecule has 0 saturated heterocycles. The molecule has 24 heavy (non-hydrogen) atoms. The number of hydrogen-bond donors (Lipinski definition) is 2. The van der Waals surface area contributed by atoms with Crippen molar-refractivity contribution in [3.8, 4) is 5.75 Å². The number of phenolic OH excluding ortho intramolecular Hbond substituents is 1. The van der Waals surface area contributed by atoms with Gasteiger partial charge >= 0.3 is 0 Å². The average Bonchev–Trinajstić information content (AvgIpc) is 2.55. The quantitative estimate of drug-likeness (QED) is 0.554. The highest BCUT2D eigenvalue weighted by Crippen LogP contribution is 2.33. The molecular formula is C15H12N4O4S. The second kappa shape index (κ2) is 5.95. The highest BCUT2D eigenvalue weighted by Gasteiger charge is 2.14. The Labute approximate surface area is 137 Å². The molecular weight excluding hydrogens is 332 g/mol. The third-order valence-corrected chi connectivity index (χ3v) is 4.05. The molecule has 0 unspecified atom stereocenters. The van der Waals surface area contributed by atoms with E-state index in [4.69, 9.17) is 4.55 Å². The number of azo groups is 1. The molecule has 122 valence electrons. The van der Waals surface area contributed by atoms with Gasteiger partial charge in [0, 0.05) is 17.8 Å². The van der Waals surface area contributed by atoms with E-state index in [-0.39, 0.29) is 16.7 Å². The van der Waals surface area contributed by atoms with Crippen LogP contribution in [0.3, 0.4) is 0 Å². The number of fused-ring (bicyclic) bond motifs is 1. The summed E-state index contributed by atoms with van der Waals surface area (Å²) in [6.45, 7) is 1.90. The molecule has 2 aromatic heterocycles. The van der Waals surface area contributed by atoms with Crippen molar-refractivity contribution < 1.29 is 18.1 Å². The van der Waals surface area contributed by atoms with Crippen LogP contribution in [0.15, 0.2) is 57.8 Å². The van der Waals surface area contributed by atoms with Crippen molar-refractivity contribution in [3.63, 3.8) is 0 Å². The van der Waals surface area contributed by atoms with Crippen LogP contribution in [0.4, 0.5) is 11.5 Å². The van der Waals surface area contributed by atoms with Crippen molar-refractivity contribution in [3.05, 3.63) is 48.3 Å². The van der Waals surface area contributed by atoms with E-state index in [0.717, 1.165) is 17.8 Å². The summed E-state index contributed by atoms with van der Waals surface area (Å²) in [6.07, 6.45) is 2.64. The topological polar surface area (TPSA) is 125 Å². The molecule has 0 aliphatic carbocycles. The minimum absolute atomic E-state index is 0.137. The molecule has 2 N–H and O–H groups in total. The number of benzene rings is 1. The van der Waals surface area contributed by atoms with Crippen molar-refractivity contribution in [1.29, 1.82) is 0 Å². The van der Waals surface area contributed by atoms with E-state index in [2.05, 4.69) is 20.2 Å². The fourth-order valence-corrected chi connectivity index (χ4v) is 2.47. The maximum Gasteiger partial charge on any atom is 0.296 e. The van der Waals surface area contributed by atoms with Crippen LogP contribution < -0.4 is 0 Å². The first-order valence-corrected chi connectivity index (χ1v) is 8.22. The second-order valence-corrected chi connectivity index (χ2v) is 6.46. The average molecular weight is 344 g/mol. The predicted molar refractivity (Wildman–Crippen MR) is 86.4 cm³/mol. The standard InChI is InChI=1S/C15H12N4O4S/c1-9-2-5-14(16-7-9)19-18-12-3-4-13(20)11-6-10(24(21,22)23)8-17-15(11)12/h2-8,20H,1H3,(H,21,22,23). The number of hydrogen-bond acceptors (Lipinski definition) is 7. The lowest BCUT2D eigenvalue weighted by Gasteiger charge is -2.04. The Hall–Kier alpha value is -2.91. The number of aromatic nitrogens is 2. The van der Waals surface area contributed by atoms with Gasteiger partial charge in [-0.1, -0.05) is 6.07 Å². The second-order valence-electron chi connectivity index (χ2n) is 5.04. The summed E-state index contributed by atoms with van der Waals surface area (Å²) in [4.78, 5) is 7.64. The first-order valence-electron chi connectivity index (χ1n) is 6.78. The third-order valence-electron chi connectivity index (χ3n) is 3.23. The van der Waals surface area contributed by atoms with Gasteiger partial charge in [0.05, 0.1) is 0 Å². The van der Waals surface area contributed by atoms with Gasteiger partial charge in [0.2, 0.25) is 0 Å². The summed E-state index contributed by atoms with van der Waals surface area (Å²) in [7, 11) is -4.42. The van der Waals surface area contributed by atoms with Crippen LogP contribution in [0.1, 0.15) is 5.56 Å². The van der Waals surface area contributed by atoms with E-state index < -0.39 is 15.0 Å². The molecule has 8 nitrogen and oxygen atoms in total. The fraction of sp³-hybridized carbons (Fsp3) is 0.0667. The highest BCUT2D eigenvalue weighted by atomic mass is 32.2. The maximum atomic E-state index is 11.2. The Balaban J connectivity index is 2.09. The Bertz CT molecular complexity index is 1050. The van der Waals surface area contributed by atoms with E-state index in [9.17, 15) is 13.5 Å². The molecule has 0 atom stereocenters. The van der Waals surface area contributed by atoms with Crippen molar-refractivity contribution in [2.45, 2.75) is 11.8 Å². The number of phenols is 1. The first-order chi connectivity index (χ1) is 11.3. The van der Waals surface area contributed by atoms with Gasteiger partial charge in [-0.25, -0.2) is 4.98 Å². The van der Waals surface area contributed by atoms with Crippen molar-refractivity contribution in [2.75, 3.05) is 0 Å². The van der Waals surface area contributed by atoms with Crippen LogP contribution in [-0.2, 0) is 10.1 Å². The summed E-state index contributed by atoms with van der Waals surface area (Å²) >= 11 is 0. The number of pyridine rings is 2. The number of aryl methyl sites for hydroxylation is 1. The van der Waals surface area contributed by atoms with Gasteiger partial charge in [0.15, 0.2) is 5.82 Å². The van der Waals surface area contributed by atoms with E-state index in [1.807, 2.05) is 13.0 Å². The number of aromatic hydroxyl groups is 1. The molecule has 0 spiro atoms. The summed E-state index contributed by atoms with van der Waals surface area (Å²) in [5, 5.41) is 18.1. The molecule has 0 amide bonds. The summed E-state index contributed by atoms with van der Waals surface area (Å²) in [5.74, 6) is 0.215. The molecule has 1 aromatic carbocycles. The van der Waals surface area contributed by atoms with E-state index in [1.165, 1.54) is 12.1 Å². The fourth-order valence-electron chi connectivity index (χ4n) is 2.02. The predicted octanol–water partition coefficient (Wildman–Crippen LogP) is 3.31. The first kappa shape index (κ1) is 16.0. The van der Waals surface area contributed by atoms with Crippen LogP contribution in [0, 0.1) is 6.92 Å². The normalized spacial score (nSPS) is 12.1. The molecule has 9 heteroatoms. The number of nitrogens with zero attached hydrogens (tertiary/aromatic N) is 4. The Morgan fingerprint density at radius 1 is 1.04 bits per heavy atom. The smallest absolute Gasteiger partial charge is 0.296 e. The zero-order valence-electron chi connectivity index (χ0n) is 12.4. The van der Waals surface area contributed by atoms with Crippen LogP contribution in [-0.4, -0.2) is 28.0 Å². The lowest BCUT2D eigenvalue weighted by atomic mass is 10.2.